The zero-order valence-electron chi connectivity index (χ0n) is 13.6. The highest BCUT2D eigenvalue weighted by Crippen LogP contribution is 2.27. The van der Waals surface area contributed by atoms with Crippen LogP contribution in [-0.4, -0.2) is 24.6 Å². The molecule has 1 aromatic carbocycles. The Labute approximate surface area is 138 Å². The van der Waals surface area contributed by atoms with Crippen LogP contribution in [0.25, 0.3) is 0 Å². The molecule has 0 aliphatic carbocycles. The number of benzene rings is 1. The summed E-state index contributed by atoms with van der Waals surface area (Å²) in [6.45, 7) is 5.39. The summed E-state index contributed by atoms with van der Waals surface area (Å²) in [4.78, 5) is 11.4. The second kappa shape index (κ2) is 7.81. The summed E-state index contributed by atoms with van der Waals surface area (Å²) < 4.78 is 45.9. The Morgan fingerprint density at radius 1 is 1.29 bits per heavy atom. The molecular weight excluding hydrogens is 325 g/mol. The lowest BCUT2D eigenvalue weighted by Crippen LogP contribution is -2.32. The van der Waals surface area contributed by atoms with Crippen molar-refractivity contribution in [3.05, 3.63) is 23.8 Å². The van der Waals surface area contributed by atoms with Crippen molar-refractivity contribution >= 4 is 11.8 Å². The number of carbonyl (C=O) groups excluding carboxylic acids is 1. The molecule has 0 spiro atoms. The molecule has 0 aliphatic rings. The van der Waals surface area contributed by atoms with Gasteiger partial charge in [-0.2, -0.15) is 0 Å². The molecule has 5 nitrogen and oxygen atoms in total. The van der Waals surface area contributed by atoms with E-state index >= 15 is 0 Å². The van der Waals surface area contributed by atoms with Crippen LogP contribution in [0.5, 0.6) is 5.75 Å². The van der Waals surface area contributed by atoms with Crippen LogP contribution in [0, 0.1) is 11.8 Å². The van der Waals surface area contributed by atoms with Crippen LogP contribution < -0.4 is 15.8 Å². The van der Waals surface area contributed by atoms with Gasteiger partial charge in [-0.25, -0.2) is 4.79 Å². The average Bonchev–Trinajstić information content (AvgIpc) is 2.37. The highest BCUT2D eigenvalue weighted by atomic mass is 19.4. The third-order valence-electron chi connectivity index (χ3n) is 2.37. The summed E-state index contributed by atoms with van der Waals surface area (Å²) in [5.74, 6) is 4.78. The highest BCUT2D eigenvalue weighted by molar-refractivity contribution is 5.67. The van der Waals surface area contributed by atoms with Gasteiger partial charge in [0.2, 0.25) is 0 Å². The molecule has 1 rings (SSSR count). The number of alkyl halides is 3. The number of anilines is 1. The molecule has 0 atom stereocenters. The van der Waals surface area contributed by atoms with Crippen LogP contribution in [0.1, 0.15) is 32.8 Å². The quantitative estimate of drug-likeness (QED) is 0.500. The predicted molar refractivity (Wildman–Crippen MR) is 83.3 cm³/mol. The average molecular weight is 344 g/mol. The molecule has 0 aromatic heterocycles. The second-order valence-corrected chi connectivity index (χ2v) is 5.78. The van der Waals surface area contributed by atoms with Crippen molar-refractivity contribution in [3.8, 4) is 17.6 Å². The molecule has 0 bridgehead atoms. The maximum Gasteiger partial charge on any atom is 0.573 e. The lowest BCUT2D eigenvalue weighted by atomic mass is 10.2. The first-order chi connectivity index (χ1) is 11.0. The molecule has 132 valence electrons. The molecule has 0 aliphatic heterocycles. The van der Waals surface area contributed by atoms with E-state index in [1.165, 1.54) is 12.1 Å². The number of rotatable bonds is 3. The Bertz CT molecular complexity index is 641. The zero-order chi connectivity index (χ0) is 18.4. The van der Waals surface area contributed by atoms with E-state index in [-0.39, 0.29) is 24.2 Å². The fourth-order valence-electron chi connectivity index (χ4n) is 1.56. The van der Waals surface area contributed by atoms with Crippen LogP contribution in [0.2, 0.25) is 0 Å². The van der Waals surface area contributed by atoms with E-state index in [0.29, 0.717) is 0 Å². The van der Waals surface area contributed by atoms with Gasteiger partial charge in [0.25, 0.3) is 0 Å². The molecule has 0 saturated carbocycles. The van der Waals surface area contributed by atoms with Gasteiger partial charge in [-0.1, -0.05) is 11.8 Å². The number of carbonyl (C=O) groups is 1. The van der Waals surface area contributed by atoms with Crippen molar-refractivity contribution in [2.45, 2.75) is 39.2 Å². The van der Waals surface area contributed by atoms with Crippen LogP contribution >= 0.6 is 0 Å². The van der Waals surface area contributed by atoms with Crippen molar-refractivity contribution in [2.24, 2.45) is 0 Å². The minimum Gasteiger partial charge on any atom is -0.444 e. The van der Waals surface area contributed by atoms with Crippen molar-refractivity contribution in [1.82, 2.24) is 5.32 Å². The van der Waals surface area contributed by atoms with Crippen LogP contribution in [0.3, 0.4) is 0 Å². The fraction of sp³-hybridized carbons (Fsp3) is 0.438. The fourth-order valence-corrected chi connectivity index (χ4v) is 1.56. The first-order valence-corrected chi connectivity index (χ1v) is 7.07. The second-order valence-electron chi connectivity index (χ2n) is 5.78. The van der Waals surface area contributed by atoms with E-state index in [1.807, 2.05) is 0 Å². The molecule has 0 fully saturated rings. The standard InChI is InChI=1S/C16H19F3N2O3/c1-15(2,3)24-14(22)21-9-5-4-6-11-10-12(20)7-8-13(11)23-16(17,18)19/h7-8,10H,5,9,20H2,1-3H3,(H,21,22). The van der Waals surface area contributed by atoms with Gasteiger partial charge < -0.3 is 20.5 Å². The van der Waals surface area contributed by atoms with Crippen LogP contribution in [0.15, 0.2) is 18.2 Å². The van der Waals surface area contributed by atoms with Crippen molar-refractivity contribution in [2.75, 3.05) is 12.3 Å². The maximum atomic E-state index is 12.3. The smallest absolute Gasteiger partial charge is 0.444 e. The van der Waals surface area contributed by atoms with Gasteiger partial charge in [-0.15, -0.1) is 13.2 Å². The lowest BCUT2D eigenvalue weighted by molar-refractivity contribution is -0.274. The Morgan fingerprint density at radius 3 is 2.54 bits per heavy atom. The summed E-state index contributed by atoms with van der Waals surface area (Å²) in [6, 6.07) is 3.68. The molecule has 24 heavy (non-hydrogen) atoms. The Hall–Kier alpha value is -2.56. The molecule has 1 amide bonds. The van der Waals surface area contributed by atoms with Crippen molar-refractivity contribution < 1.29 is 27.4 Å². The van der Waals surface area contributed by atoms with Gasteiger partial charge in [0.15, 0.2) is 0 Å². The van der Waals surface area contributed by atoms with Crippen molar-refractivity contribution in [3.63, 3.8) is 0 Å². The van der Waals surface area contributed by atoms with E-state index < -0.39 is 23.8 Å². The molecule has 0 unspecified atom stereocenters. The number of hydrogen-bond acceptors (Lipinski definition) is 4. The first kappa shape index (κ1) is 19.5. The third-order valence-corrected chi connectivity index (χ3v) is 2.37. The molecule has 3 N–H and O–H groups in total. The summed E-state index contributed by atoms with van der Waals surface area (Å²) in [5.41, 5.74) is 5.21. The normalized spacial score (nSPS) is 11.2. The van der Waals surface area contributed by atoms with Crippen molar-refractivity contribution in [1.29, 1.82) is 0 Å². The minimum atomic E-state index is -4.81. The van der Waals surface area contributed by atoms with Gasteiger partial charge >= 0.3 is 12.5 Å². The van der Waals surface area contributed by atoms with Gasteiger partial charge in [0.1, 0.15) is 11.4 Å². The topological polar surface area (TPSA) is 73.6 Å². The van der Waals surface area contributed by atoms with Gasteiger partial charge in [0.05, 0.1) is 5.56 Å². The highest BCUT2D eigenvalue weighted by Gasteiger charge is 2.32. The van der Waals surface area contributed by atoms with Gasteiger partial charge in [0, 0.05) is 18.7 Å². The summed E-state index contributed by atoms with van der Waals surface area (Å²) in [5, 5.41) is 2.49. The molecule has 8 heteroatoms. The van der Waals surface area contributed by atoms with E-state index in [1.54, 1.807) is 20.8 Å². The number of amides is 1. The summed E-state index contributed by atoms with van der Waals surface area (Å²) >= 11 is 0. The summed E-state index contributed by atoms with van der Waals surface area (Å²) in [7, 11) is 0. The van der Waals surface area contributed by atoms with Crippen LogP contribution in [0.4, 0.5) is 23.7 Å². The number of nitrogens with one attached hydrogen (secondary N) is 1. The molecule has 0 saturated heterocycles. The lowest BCUT2D eigenvalue weighted by Gasteiger charge is -2.19. The number of hydrogen-bond donors (Lipinski definition) is 2. The first-order valence-electron chi connectivity index (χ1n) is 7.07. The SMILES string of the molecule is CC(C)(C)OC(=O)NCCC#Cc1cc(N)ccc1OC(F)(F)F. The Kier molecular flexibility index (Phi) is 6.35. The third kappa shape index (κ3) is 8.17. The minimum absolute atomic E-state index is 0.0181. The molecule has 0 heterocycles. The van der Waals surface area contributed by atoms with Gasteiger partial charge in [-0.05, 0) is 39.0 Å². The number of nitrogen functional groups attached to an aromatic ring is 1. The number of alkyl carbamates (subject to hydrolysis) is 1. The number of nitrogens with two attached hydrogens (primary N) is 1. The van der Waals surface area contributed by atoms with Gasteiger partial charge in [-0.3, -0.25) is 0 Å². The zero-order valence-corrected chi connectivity index (χ0v) is 13.6. The van der Waals surface area contributed by atoms with E-state index in [2.05, 4.69) is 21.9 Å². The Balaban J connectivity index is 2.63. The molecule has 1 aromatic rings. The predicted octanol–water partition coefficient (Wildman–Crippen LogP) is 3.43. The summed E-state index contributed by atoms with van der Waals surface area (Å²) in [6.07, 6.45) is -5.18. The molecule has 0 radical (unpaired) electrons. The Morgan fingerprint density at radius 2 is 1.96 bits per heavy atom. The number of ether oxygens (including phenoxy) is 2. The largest absolute Gasteiger partial charge is 0.573 e. The monoisotopic (exact) mass is 344 g/mol. The molecular formula is C16H19F3N2O3. The van der Waals surface area contributed by atoms with E-state index in [0.717, 1.165) is 6.07 Å². The number of halogens is 3. The van der Waals surface area contributed by atoms with E-state index in [9.17, 15) is 18.0 Å². The van der Waals surface area contributed by atoms with E-state index in [4.69, 9.17) is 10.5 Å². The van der Waals surface area contributed by atoms with Crippen LogP contribution in [-0.2, 0) is 4.74 Å². The maximum absolute atomic E-state index is 12.3.